The number of aliphatic carboxylic acids is 1. The van der Waals surface area contributed by atoms with Gasteiger partial charge in [-0.1, -0.05) is 0 Å². The quantitative estimate of drug-likeness (QED) is 0.516. The molecule has 1 aromatic rings. The van der Waals surface area contributed by atoms with Crippen LogP contribution in [0.25, 0.3) is 0 Å². The SMILES string of the molecule is O=C(O)CCN(C(=O)c1cc(F)c(F)c(F)c1F)C1CC1. The van der Waals surface area contributed by atoms with Crippen LogP contribution in [-0.2, 0) is 4.79 Å². The number of carboxylic acid groups (broad SMARTS) is 1. The Morgan fingerprint density at radius 2 is 1.76 bits per heavy atom. The van der Waals surface area contributed by atoms with Crippen molar-refractivity contribution in [2.75, 3.05) is 6.54 Å². The van der Waals surface area contributed by atoms with Gasteiger partial charge in [0.25, 0.3) is 5.91 Å². The monoisotopic (exact) mass is 305 g/mol. The van der Waals surface area contributed by atoms with Gasteiger partial charge in [0.05, 0.1) is 12.0 Å². The Morgan fingerprint density at radius 1 is 1.14 bits per heavy atom. The highest BCUT2D eigenvalue weighted by Gasteiger charge is 2.35. The molecule has 1 aromatic carbocycles. The third-order valence-electron chi connectivity index (χ3n) is 3.15. The van der Waals surface area contributed by atoms with Crippen molar-refractivity contribution in [2.45, 2.75) is 25.3 Å². The normalized spacial score (nSPS) is 14.1. The van der Waals surface area contributed by atoms with Crippen LogP contribution >= 0.6 is 0 Å². The van der Waals surface area contributed by atoms with Gasteiger partial charge in [0, 0.05) is 12.6 Å². The van der Waals surface area contributed by atoms with Gasteiger partial charge in [-0.25, -0.2) is 17.6 Å². The highest BCUT2D eigenvalue weighted by atomic mass is 19.2. The summed E-state index contributed by atoms with van der Waals surface area (Å²) in [7, 11) is 0. The fourth-order valence-corrected chi connectivity index (χ4v) is 1.94. The molecule has 0 spiro atoms. The molecule has 8 heteroatoms. The van der Waals surface area contributed by atoms with Crippen molar-refractivity contribution in [1.29, 1.82) is 0 Å². The van der Waals surface area contributed by atoms with E-state index in [4.69, 9.17) is 5.11 Å². The van der Waals surface area contributed by atoms with Crippen LogP contribution in [-0.4, -0.2) is 34.5 Å². The number of carboxylic acids is 1. The summed E-state index contributed by atoms with van der Waals surface area (Å²) < 4.78 is 52.7. The summed E-state index contributed by atoms with van der Waals surface area (Å²) in [5.41, 5.74) is -0.941. The van der Waals surface area contributed by atoms with Gasteiger partial charge in [-0.3, -0.25) is 9.59 Å². The Bertz CT molecular complexity index is 602. The maximum absolute atomic E-state index is 13.6. The number of carbonyl (C=O) groups is 2. The lowest BCUT2D eigenvalue weighted by Gasteiger charge is -2.22. The molecule has 0 atom stereocenters. The van der Waals surface area contributed by atoms with Crippen molar-refractivity contribution in [3.8, 4) is 0 Å². The molecule has 0 bridgehead atoms. The standard InChI is InChI=1S/C13H11F4NO3/c14-8-5-7(10(15)12(17)11(8)16)13(21)18(6-1-2-6)4-3-9(19)20/h5-6H,1-4H2,(H,19,20). The van der Waals surface area contributed by atoms with E-state index in [9.17, 15) is 27.2 Å². The first-order valence-electron chi connectivity index (χ1n) is 6.18. The molecule has 0 aliphatic heterocycles. The Balaban J connectivity index is 2.31. The number of nitrogens with zero attached hydrogens (tertiary/aromatic N) is 1. The number of amides is 1. The first-order valence-corrected chi connectivity index (χ1v) is 6.18. The number of rotatable bonds is 5. The van der Waals surface area contributed by atoms with E-state index >= 15 is 0 Å². The van der Waals surface area contributed by atoms with Crippen molar-refractivity contribution >= 4 is 11.9 Å². The third-order valence-corrected chi connectivity index (χ3v) is 3.15. The maximum atomic E-state index is 13.6. The summed E-state index contributed by atoms with van der Waals surface area (Å²) in [6, 6.07) is -0.000836. The molecule has 1 N–H and O–H groups in total. The van der Waals surface area contributed by atoms with Gasteiger partial charge in [0.2, 0.25) is 0 Å². The van der Waals surface area contributed by atoms with E-state index in [2.05, 4.69) is 0 Å². The van der Waals surface area contributed by atoms with Crippen molar-refractivity contribution < 1.29 is 32.3 Å². The largest absolute Gasteiger partial charge is 0.481 e. The number of halogens is 4. The van der Waals surface area contributed by atoms with Gasteiger partial charge in [0.15, 0.2) is 23.3 Å². The minimum absolute atomic E-state index is 0.209. The Kier molecular flexibility index (Phi) is 4.15. The first kappa shape index (κ1) is 15.3. The maximum Gasteiger partial charge on any atom is 0.305 e. The lowest BCUT2D eigenvalue weighted by molar-refractivity contribution is -0.137. The van der Waals surface area contributed by atoms with Gasteiger partial charge in [-0.05, 0) is 18.9 Å². The highest BCUT2D eigenvalue weighted by Crippen LogP contribution is 2.30. The molecule has 1 saturated carbocycles. The molecular formula is C13H11F4NO3. The third kappa shape index (κ3) is 3.14. The van der Waals surface area contributed by atoms with E-state index in [1.807, 2.05) is 0 Å². The molecule has 21 heavy (non-hydrogen) atoms. The molecule has 4 nitrogen and oxygen atoms in total. The lowest BCUT2D eigenvalue weighted by Crippen LogP contribution is -2.35. The van der Waals surface area contributed by atoms with Crippen molar-refractivity contribution in [1.82, 2.24) is 4.90 Å². The zero-order valence-electron chi connectivity index (χ0n) is 10.7. The zero-order chi connectivity index (χ0) is 15.7. The molecule has 1 fully saturated rings. The van der Waals surface area contributed by atoms with E-state index in [0.29, 0.717) is 12.8 Å². The summed E-state index contributed by atoms with van der Waals surface area (Å²) in [6.07, 6.45) is 0.814. The molecule has 0 heterocycles. The van der Waals surface area contributed by atoms with Gasteiger partial charge >= 0.3 is 5.97 Å². The molecule has 1 aliphatic rings. The lowest BCUT2D eigenvalue weighted by atomic mass is 10.1. The second-order valence-electron chi connectivity index (χ2n) is 4.72. The van der Waals surface area contributed by atoms with Crippen molar-refractivity contribution in [2.24, 2.45) is 0 Å². The van der Waals surface area contributed by atoms with Crippen LogP contribution in [0.2, 0.25) is 0 Å². The predicted molar refractivity (Wildman–Crippen MR) is 62.6 cm³/mol. The smallest absolute Gasteiger partial charge is 0.305 e. The Hall–Kier alpha value is -2.12. The topological polar surface area (TPSA) is 57.6 Å². The minimum atomic E-state index is -2.06. The van der Waals surface area contributed by atoms with E-state index < -0.39 is 40.7 Å². The predicted octanol–water partition coefficient (Wildman–Crippen LogP) is 2.32. The second kappa shape index (κ2) is 5.71. The van der Waals surface area contributed by atoms with Crippen molar-refractivity contribution in [3.63, 3.8) is 0 Å². The van der Waals surface area contributed by atoms with E-state index in [0.717, 1.165) is 4.90 Å². The summed E-state index contributed by atoms with van der Waals surface area (Å²) in [5, 5.41) is 8.61. The molecule has 0 unspecified atom stereocenters. The Labute approximate surface area is 117 Å². The molecule has 2 rings (SSSR count). The van der Waals surface area contributed by atoms with Gasteiger partial charge in [-0.2, -0.15) is 0 Å². The average Bonchev–Trinajstić information content (AvgIpc) is 3.24. The molecule has 1 aliphatic carbocycles. The van der Waals surface area contributed by atoms with E-state index in [1.165, 1.54) is 0 Å². The fraction of sp³-hybridized carbons (Fsp3) is 0.385. The van der Waals surface area contributed by atoms with Crippen LogP contribution in [0.15, 0.2) is 6.07 Å². The Morgan fingerprint density at radius 3 is 2.29 bits per heavy atom. The van der Waals surface area contributed by atoms with Crippen LogP contribution in [0.4, 0.5) is 17.6 Å². The van der Waals surface area contributed by atoms with E-state index in [1.54, 1.807) is 0 Å². The second-order valence-corrected chi connectivity index (χ2v) is 4.72. The molecular weight excluding hydrogens is 294 g/mol. The molecule has 0 radical (unpaired) electrons. The van der Waals surface area contributed by atoms with Crippen LogP contribution in [0.5, 0.6) is 0 Å². The summed E-state index contributed by atoms with van der Waals surface area (Å²) in [6.45, 7) is -0.209. The van der Waals surface area contributed by atoms with E-state index in [-0.39, 0.29) is 25.1 Å². The molecule has 114 valence electrons. The van der Waals surface area contributed by atoms with Gasteiger partial charge in [-0.15, -0.1) is 0 Å². The van der Waals surface area contributed by atoms with Crippen molar-refractivity contribution in [3.05, 3.63) is 34.9 Å². The van der Waals surface area contributed by atoms with Crippen LogP contribution in [0.3, 0.4) is 0 Å². The highest BCUT2D eigenvalue weighted by molar-refractivity contribution is 5.95. The van der Waals surface area contributed by atoms with Crippen LogP contribution in [0, 0.1) is 23.3 Å². The van der Waals surface area contributed by atoms with Crippen LogP contribution in [0.1, 0.15) is 29.6 Å². The zero-order valence-corrected chi connectivity index (χ0v) is 10.7. The fourth-order valence-electron chi connectivity index (χ4n) is 1.94. The molecule has 0 aromatic heterocycles. The number of hydrogen-bond acceptors (Lipinski definition) is 2. The van der Waals surface area contributed by atoms with Gasteiger partial charge < -0.3 is 10.0 Å². The van der Waals surface area contributed by atoms with Crippen LogP contribution < -0.4 is 0 Å². The minimum Gasteiger partial charge on any atom is -0.481 e. The number of hydrogen-bond donors (Lipinski definition) is 1. The number of benzene rings is 1. The summed E-state index contributed by atoms with van der Waals surface area (Å²) in [5.74, 6) is -9.72. The summed E-state index contributed by atoms with van der Waals surface area (Å²) in [4.78, 5) is 23.7. The first-order chi connectivity index (χ1) is 9.82. The average molecular weight is 305 g/mol. The summed E-state index contributed by atoms with van der Waals surface area (Å²) >= 11 is 0. The molecule has 0 saturated heterocycles. The molecule has 1 amide bonds. The number of carbonyl (C=O) groups excluding carboxylic acids is 1. The van der Waals surface area contributed by atoms with Gasteiger partial charge in [0.1, 0.15) is 0 Å².